The number of carbonyl (C=O) groups is 1. The van der Waals surface area contributed by atoms with Crippen LogP contribution in [0.3, 0.4) is 0 Å². The lowest BCUT2D eigenvalue weighted by molar-refractivity contribution is -0.119. The second kappa shape index (κ2) is 5.30. The van der Waals surface area contributed by atoms with E-state index in [1.165, 1.54) is 4.90 Å². The summed E-state index contributed by atoms with van der Waals surface area (Å²) in [6.07, 6.45) is 0. The summed E-state index contributed by atoms with van der Waals surface area (Å²) in [6.45, 7) is 3.63. The van der Waals surface area contributed by atoms with Gasteiger partial charge in [-0.3, -0.25) is 4.79 Å². The average Bonchev–Trinajstić information content (AvgIpc) is 2.49. The normalized spacial score (nSPS) is 19.1. The maximum absolute atomic E-state index is 12.0. The van der Waals surface area contributed by atoms with Crippen molar-refractivity contribution in [2.45, 2.75) is 25.5 Å². The maximum atomic E-state index is 12.0. The topological polar surface area (TPSA) is 85.0 Å². The molecule has 0 unspecified atom stereocenters. The van der Waals surface area contributed by atoms with Crippen molar-refractivity contribution < 1.29 is 19.4 Å². The highest BCUT2D eigenvalue weighted by atomic mass is 16.5. The smallest absolute Gasteiger partial charge is 0.247 e. The quantitative estimate of drug-likeness (QED) is 0.843. The fourth-order valence-electron chi connectivity index (χ4n) is 1.85. The number of likely N-dealkylation sites (N-methyl/N-ethyl adjacent to an activating group) is 1. The van der Waals surface area contributed by atoms with Crippen LogP contribution in [0.1, 0.15) is 13.8 Å². The van der Waals surface area contributed by atoms with Crippen LogP contribution in [0.2, 0.25) is 0 Å². The first kappa shape index (κ1) is 14.6. The van der Waals surface area contributed by atoms with Gasteiger partial charge >= 0.3 is 0 Å². The maximum Gasteiger partial charge on any atom is 0.247 e. The molecule has 110 valence electrons. The summed E-state index contributed by atoms with van der Waals surface area (Å²) in [6, 6.07) is 4.50. The molecule has 20 heavy (non-hydrogen) atoms. The summed E-state index contributed by atoms with van der Waals surface area (Å²) in [7, 11) is 1.65. The van der Waals surface area contributed by atoms with E-state index in [1.807, 2.05) is 0 Å². The minimum Gasteiger partial charge on any atom is -0.491 e. The van der Waals surface area contributed by atoms with Crippen molar-refractivity contribution in [3.8, 4) is 11.5 Å². The van der Waals surface area contributed by atoms with Crippen LogP contribution in [0.5, 0.6) is 11.5 Å². The highest BCUT2D eigenvalue weighted by Crippen LogP contribution is 2.34. The zero-order valence-corrected chi connectivity index (χ0v) is 11.9. The first-order chi connectivity index (χ1) is 9.28. The first-order valence-corrected chi connectivity index (χ1v) is 6.43. The number of hydrogen-bond donors (Lipinski definition) is 2. The number of carbonyl (C=O) groups excluding carboxylic acids is 1. The second-order valence-electron chi connectivity index (χ2n) is 5.55. The van der Waals surface area contributed by atoms with E-state index in [4.69, 9.17) is 15.2 Å². The highest BCUT2D eigenvalue weighted by Gasteiger charge is 2.27. The molecule has 1 atom stereocenters. The molecule has 3 N–H and O–H groups in total. The fourth-order valence-corrected chi connectivity index (χ4v) is 1.85. The van der Waals surface area contributed by atoms with Crippen molar-refractivity contribution in [3.63, 3.8) is 0 Å². The van der Waals surface area contributed by atoms with Crippen molar-refractivity contribution in [1.29, 1.82) is 0 Å². The molecule has 0 aliphatic carbocycles. The molecule has 0 spiro atoms. The van der Waals surface area contributed by atoms with Crippen LogP contribution < -0.4 is 20.1 Å². The third kappa shape index (κ3) is 3.20. The molecule has 6 nitrogen and oxygen atoms in total. The Morgan fingerprint density at radius 2 is 2.25 bits per heavy atom. The Hall–Kier alpha value is -1.79. The zero-order valence-electron chi connectivity index (χ0n) is 11.9. The Morgan fingerprint density at radius 3 is 2.90 bits per heavy atom. The summed E-state index contributed by atoms with van der Waals surface area (Å²) in [5.41, 5.74) is 5.41. The minimum atomic E-state index is -0.923. The van der Waals surface area contributed by atoms with E-state index in [-0.39, 0.29) is 19.1 Å². The first-order valence-electron chi connectivity index (χ1n) is 6.43. The Kier molecular flexibility index (Phi) is 3.87. The average molecular weight is 280 g/mol. The van der Waals surface area contributed by atoms with E-state index in [2.05, 4.69) is 0 Å². The molecule has 1 aliphatic rings. The Morgan fingerprint density at radius 1 is 1.55 bits per heavy atom. The lowest BCUT2D eigenvalue weighted by Gasteiger charge is -2.20. The van der Waals surface area contributed by atoms with Crippen LogP contribution in [0.15, 0.2) is 18.2 Å². The van der Waals surface area contributed by atoms with Gasteiger partial charge in [-0.1, -0.05) is 0 Å². The largest absolute Gasteiger partial charge is 0.491 e. The van der Waals surface area contributed by atoms with Gasteiger partial charge in [0, 0.05) is 13.1 Å². The van der Waals surface area contributed by atoms with Gasteiger partial charge < -0.3 is 25.2 Å². The van der Waals surface area contributed by atoms with E-state index in [0.717, 1.165) is 0 Å². The molecular formula is C14H20N2O4. The third-order valence-electron chi connectivity index (χ3n) is 2.95. The molecule has 0 saturated heterocycles. The summed E-state index contributed by atoms with van der Waals surface area (Å²) in [5, 5.41) is 9.66. The molecule has 0 radical (unpaired) electrons. The van der Waals surface area contributed by atoms with Gasteiger partial charge in [-0.05, 0) is 26.0 Å². The molecule has 0 aromatic heterocycles. The number of ether oxygens (including phenoxy) is 2. The molecule has 1 heterocycles. The summed E-state index contributed by atoms with van der Waals surface area (Å²) in [5.74, 6) is 0.942. The summed E-state index contributed by atoms with van der Waals surface area (Å²) in [4.78, 5) is 13.4. The van der Waals surface area contributed by atoms with Crippen LogP contribution in [-0.2, 0) is 4.79 Å². The Labute approximate surface area is 118 Å². The van der Waals surface area contributed by atoms with Crippen molar-refractivity contribution in [2.24, 2.45) is 5.73 Å². The van der Waals surface area contributed by atoms with E-state index in [0.29, 0.717) is 17.2 Å². The molecule has 1 aromatic rings. The number of benzene rings is 1. The van der Waals surface area contributed by atoms with Crippen LogP contribution in [-0.4, -0.2) is 42.9 Å². The number of nitrogens with zero attached hydrogens (tertiary/aromatic N) is 1. The molecule has 1 aliphatic heterocycles. The third-order valence-corrected chi connectivity index (χ3v) is 2.95. The number of hydrogen-bond acceptors (Lipinski definition) is 5. The van der Waals surface area contributed by atoms with Crippen molar-refractivity contribution in [3.05, 3.63) is 18.2 Å². The molecule has 0 saturated carbocycles. The van der Waals surface area contributed by atoms with Gasteiger partial charge in [0.05, 0.1) is 11.3 Å². The predicted molar refractivity (Wildman–Crippen MR) is 75.1 cm³/mol. The zero-order chi connectivity index (χ0) is 14.9. The monoisotopic (exact) mass is 280 g/mol. The minimum absolute atomic E-state index is 0.153. The highest BCUT2D eigenvalue weighted by molar-refractivity contribution is 5.98. The second-order valence-corrected chi connectivity index (χ2v) is 5.55. The van der Waals surface area contributed by atoms with Crippen molar-refractivity contribution in [2.75, 3.05) is 25.2 Å². The Bertz CT molecular complexity index is 510. The van der Waals surface area contributed by atoms with Crippen LogP contribution in [0.25, 0.3) is 0 Å². The van der Waals surface area contributed by atoms with E-state index >= 15 is 0 Å². The van der Waals surface area contributed by atoms with Crippen molar-refractivity contribution >= 4 is 11.6 Å². The lowest BCUT2D eigenvalue weighted by Crippen LogP contribution is -2.43. The van der Waals surface area contributed by atoms with Crippen LogP contribution in [0, 0.1) is 0 Å². The number of rotatable bonds is 3. The van der Waals surface area contributed by atoms with Gasteiger partial charge in [0.15, 0.2) is 0 Å². The lowest BCUT2D eigenvalue weighted by atomic mass is 10.2. The van der Waals surface area contributed by atoms with E-state index in [1.54, 1.807) is 39.1 Å². The van der Waals surface area contributed by atoms with Gasteiger partial charge in [-0.2, -0.15) is 0 Å². The van der Waals surface area contributed by atoms with Gasteiger partial charge in [0.25, 0.3) is 0 Å². The molecule has 2 rings (SSSR count). The molecule has 0 bridgehead atoms. The number of anilines is 1. The van der Waals surface area contributed by atoms with Gasteiger partial charge in [0.1, 0.15) is 30.8 Å². The molecular weight excluding hydrogens is 260 g/mol. The SMILES string of the molecule is CN1C(=O)[C@@H](N)COc2ccc(OCC(C)(C)O)cc21. The van der Waals surface area contributed by atoms with Crippen LogP contribution >= 0.6 is 0 Å². The fraction of sp³-hybridized carbons (Fsp3) is 0.500. The standard InChI is InChI=1S/C14H20N2O4/c1-14(2,18)8-20-9-4-5-12-11(6-9)16(3)13(17)10(15)7-19-12/h4-6,10,18H,7-8,15H2,1-3H3/t10-/m0/s1. The summed E-state index contributed by atoms with van der Waals surface area (Å²) < 4.78 is 11.0. The Balaban J connectivity index is 2.24. The summed E-state index contributed by atoms with van der Waals surface area (Å²) >= 11 is 0. The number of nitrogens with two attached hydrogens (primary N) is 1. The van der Waals surface area contributed by atoms with E-state index in [9.17, 15) is 9.90 Å². The van der Waals surface area contributed by atoms with Gasteiger partial charge in [-0.25, -0.2) is 0 Å². The van der Waals surface area contributed by atoms with Gasteiger partial charge in [0.2, 0.25) is 5.91 Å². The number of amides is 1. The van der Waals surface area contributed by atoms with Crippen molar-refractivity contribution in [1.82, 2.24) is 0 Å². The molecule has 6 heteroatoms. The molecule has 1 aromatic carbocycles. The van der Waals surface area contributed by atoms with Gasteiger partial charge in [-0.15, -0.1) is 0 Å². The molecule has 0 fully saturated rings. The molecule has 1 amide bonds. The van der Waals surface area contributed by atoms with E-state index < -0.39 is 11.6 Å². The van der Waals surface area contributed by atoms with Crippen LogP contribution in [0.4, 0.5) is 5.69 Å². The predicted octanol–water partition coefficient (Wildman–Crippen LogP) is 0.519. The number of fused-ring (bicyclic) bond motifs is 1. The number of aliphatic hydroxyl groups is 1.